The van der Waals surface area contributed by atoms with E-state index in [1.54, 1.807) is 22.7 Å². The normalized spacial score (nSPS) is 15.4. The van der Waals surface area contributed by atoms with E-state index in [9.17, 15) is 9.59 Å². The van der Waals surface area contributed by atoms with Crippen molar-refractivity contribution in [2.24, 2.45) is 0 Å². The van der Waals surface area contributed by atoms with E-state index in [-0.39, 0.29) is 11.6 Å². The van der Waals surface area contributed by atoms with E-state index < -0.39 is 11.9 Å². The number of nitrogens with zero attached hydrogens (tertiary/aromatic N) is 3. The summed E-state index contributed by atoms with van der Waals surface area (Å²) >= 11 is 0. The highest BCUT2D eigenvalue weighted by molar-refractivity contribution is 5.98. The molecule has 0 radical (unpaired) electrons. The summed E-state index contributed by atoms with van der Waals surface area (Å²) < 4.78 is 12.1. The molecule has 0 bridgehead atoms. The molecule has 1 saturated heterocycles. The monoisotopic (exact) mass is 358 g/mol. The maximum atomic E-state index is 12.6. The van der Waals surface area contributed by atoms with E-state index in [1.807, 2.05) is 30.3 Å². The second-order valence-electron chi connectivity index (χ2n) is 5.96. The minimum absolute atomic E-state index is 0.136. The molecule has 0 unspecified atom stereocenters. The van der Waals surface area contributed by atoms with Gasteiger partial charge in [0, 0.05) is 13.1 Å². The molecule has 1 fully saturated rings. The molecule has 1 aromatic carbocycles. The Hall–Kier alpha value is -2.87. The quantitative estimate of drug-likeness (QED) is 0.857. The lowest BCUT2D eigenvalue weighted by atomic mass is 10.2. The van der Waals surface area contributed by atoms with Crippen LogP contribution in [0.15, 0.2) is 36.5 Å². The smallest absolute Gasteiger partial charge is 0.276 e. The Kier molecular flexibility index (Phi) is 5.52. The maximum absolute atomic E-state index is 12.6. The number of amides is 2. The number of morpholine rings is 1. The summed E-state index contributed by atoms with van der Waals surface area (Å²) in [6.07, 6.45) is 1.64. The van der Waals surface area contributed by atoms with E-state index >= 15 is 0 Å². The van der Waals surface area contributed by atoms with Crippen LogP contribution in [-0.4, -0.2) is 65.9 Å². The third-order valence-electron chi connectivity index (χ3n) is 4.18. The highest BCUT2D eigenvalue weighted by Crippen LogP contribution is 2.19. The number of rotatable bonds is 5. The first-order valence-corrected chi connectivity index (χ1v) is 8.46. The molecule has 2 amide bonds. The first-order chi connectivity index (χ1) is 12.6. The first-order valence-electron chi connectivity index (χ1n) is 8.46. The Balaban J connectivity index is 1.72. The molecule has 8 heteroatoms. The van der Waals surface area contributed by atoms with Crippen LogP contribution in [0.2, 0.25) is 0 Å². The molecule has 8 nitrogen and oxygen atoms in total. The van der Waals surface area contributed by atoms with E-state index in [1.165, 1.54) is 7.11 Å². The van der Waals surface area contributed by atoms with Gasteiger partial charge in [-0.15, -0.1) is 0 Å². The van der Waals surface area contributed by atoms with Crippen LogP contribution in [0.5, 0.6) is 5.75 Å². The molecule has 0 spiro atoms. The van der Waals surface area contributed by atoms with Crippen LogP contribution in [0.3, 0.4) is 0 Å². The molecule has 26 heavy (non-hydrogen) atoms. The summed E-state index contributed by atoms with van der Waals surface area (Å²) in [7, 11) is 1.48. The largest absolute Gasteiger partial charge is 0.493 e. The second-order valence-corrected chi connectivity index (χ2v) is 5.96. The number of carbonyl (C=O) groups is 2. The van der Waals surface area contributed by atoms with E-state index in [2.05, 4.69) is 10.4 Å². The zero-order valence-electron chi connectivity index (χ0n) is 14.8. The number of aromatic nitrogens is 2. The summed E-state index contributed by atoms with van der Waals surface area (Å²) in [5, 5.41) is 7.02. The van der Waals surface area contributed by atoms with Crippen LogP contribution < -0.4 is 10.1 Å². The third-order valence-corrected chi connectivity index (χ3v) is 4.18. The molecule has 1 aromatic heterocycles. The van der Waals surface area contributed by atoms with Crippen molar-refractivity contribution in [1.29, 1.82) is 0 Å². The van der Waals surface area contributed by atoms with Gasteiger partial charge in [-0.1, -0.05) is 18.2 Å². The number of benzene rings is 1. The Morgan fingerprint density at radius 2 is 1.92 bits per heavy atom. The van der Waals surface area contributed by atoms with Crippen LogP contribution >= 0.6 is 0 Å². The average molecular weight is 358 g/mol. The standard InChI is InChI=1S/C18H22N4O4/c1-13(18(24)21-8-10-26-11-9-21)19-17(23)16-15(25-2)12-22(20-16)14-6-4-3-5-7-14/h3-7,12-13H,8-11H2,1-2H3,(H,19,23)/t13-/m0/s1. The van der Waals surface area contributed by atoms with E-state index in [0.717, 1.165) is 5.69 Å². The Labute approximate surface area is 151 Å². The SMILES string of the molecule is COc1cn(-c2ccccc2)nc1C(=O)N[C@@H](C)C(=O)N1CCOCC1. The number of nitrogens with one attached hydrogen (secondary N) is 1. The van der Waals surface area contributed by atoms with Crippen LogP contribution in [0.1, 0.15) is 17.4 Å². The van der Waals surface area contributed by atoms with Crippen molar-refractivity contribution < 1.29 is 19.1 Å². The van der Waals surface area contributed by atoms with Crippen molar-refractivity contribution in [3.8, 4) is 11.4 Å². The van der Waals surface area contributed by atoms with Gasteiger partial charge in [-0.3, -0.25) is 9.59 Å². The molecule has 1 aliphatic rings. The predicted octanol–water partition coefficient (Wildman–Crippen LogP) is 0.858. The van der Waals surface area contributed by atoms with Gasteiger partial charge in [0.2, 0.25) is 5.91 Å². The molecular formula is C18H22N4O4. The molecule has 0 saturated carbocycles. The van der Waals surface area contributed by atoms with Crippen molar-refractivity contribution >= 4 is 11.8 Å². The van der Waals surface area contributed by atoms with Crippen molar-refractivity contribution in [2.45, 2.75) is 13.0 Å². The predicted molar refractivity (Wildman–Crippen MR) is 94.4 cm³/mol. The van der Waals surface area contributed by atoms with Crippen molar-refractivity contribution in [3.63, 3.8) is 0 Å². The maximum Gasteiger partial charge on any atom is 0.276 e. The van der Waals surface area contributed by atoms with E-state index in [4.69, 9.17) is 9.47 Å². The van der Waals surface area contributed by atoms with Crippen molar-refractivity contribution in [3.05, 3.63) is 42.2 Å². The van der Waals surface area contributed by atoms with Gasteiger partial charge in [0.15, 0.2) is 11.4 Å². The fraction of sp³-hybridized carbons (Fsp3) is 0.389. The minimum atomic E-state index is -0.660. The van der Waals surface area contributed by atoms with Gasteiger partial charge in [-0.05, 0) is 19.1 Å². The number of carbonyl (C=O) groups excluding carboxylic acids is 2. The van der Waals surface area contributed by atoms with Crippen LogP contribution in [-0.2, 0) is 9.53 Å². The number of ether oxygens (including phenoxy) is 2. The number of hydrogen-bond donors (Lipinski definition) is 1. The lowest BCUT2D eigenvalue weighted by molar-refractivity contribution is -0.136. The van der Waals surface area contributed by atoms with Gasteiger partial charge >= 0.3 is 0 Å². The lowest BCUT2D eigenvalue weighted by Crippen LogP contribution is -2.50. The number of hydrogen-bond acceptors (Lipinski definition) is 5. The first kappa shape index (κ1) is 17.9. The molecule has 1 aliphatic heterocycles. The van der Waals surface area contributed by atoms with Gasteiger partial charge in [0.05, 0.1) is 32.2 Å². The van der Waals surface area contributed by atoms with Gasteiger partial charge in [-0.25, -0.2) is 4.68 Å². The van der Waals surface area contributed by atoms with Gasteiger partial charge in [0.1, 0.15) is 6.04 Å². The number of para-hydroxylation sites is 1. The van der Waals surface area contributed by atoms with Gasteiger partial charge in [-0.2, -0.15) is 5.10 Å². The summed E-state index contributed by atoms with van der Waals surface area (Å²) in [5.74, 6) is -0.244. The highest BCUT2D eigenvalue weighted by Gasteiger charge is 2.26. The van der Waals surface area contributed by atoms with Crippen LogP contribution in [0, 0.1) is 0 Å². The Bertz CT molecular complexity index is 769. The summed E-state index contributed by atoms with van der Waals surface area (Å²) in [6, 6.07) is 8.75. The topological polar surface area (TPSA) is 85.7 Å². The Morgan fingerprint density at radius 3 is 2.58 bits per heavy atom. The molecule has 138 valence electrons. The van der Waals surface area contributed by atoms with Crippen LogP contribution in [0.4, 0.5) is 0 Å². The highest BCUT2D eigenvalue weighted by atomic mass is 16.5. The molecule has 1 atom stereocenters. The van der Waals surface area contributed by atoms with Gasteiger partial charge in [0.25, 0.3) is 5.91 Å². The van der Waals surface area contributed by atoms with E-state index in [0.29, 0.717) is 32.1 Å². The molecule has 0 aliphatic carbocycles. The number of methoxy groups -OCH3 is 1. The molecule has 2 aromatic rings. The van der Waals surface area contributed by atoms with Crippen molar-refractivity contribution in [2.75, 3.05) is 33.4 Å². The summed E-state index contributed by atoms with van der Waals surface area (Å²) in [6.45, 7) is 3.76. The van der Waals surface area contributed by atoms with Crippen LogP contribution in [0.25, 0.3) is 5.69 Å². The molecule has 2 heterocycles. The summed E-state index contributed by atoms with van der Waals surface area (Å²) in [5.41, 5.74) is 0.945. The van der Waals surface area contributed by atoms with Gasteiger partial charge < -0.3 is 19.7 Å². The summed E-state index contributed by atoms with van der Waals surface area (Å²) in [4.78, 5) is 26.7. The fourth-order valence-corrected chi connectivity index (χ4v) is 2.76. The fourth-order valence-electron chi connectivity index (χ4n) is 2.76. The molecule has 1 N–H and O–H groups in total. The third kappa shape index (κ3) is 3.85. The average Bonchev–Trinajstić information content (AvgIpc) is 3.13. The second kappa shape index (κ2) is 8.01. The zero-order valence-corrected chi connectivity index (χ0v) is 14.8. The van der Waals surface area contributed by atoms with Crippen molar-refractivity contribution in [1.82, 2.24) is 20.0 Å². The molecular weight excluding hydrogens is 336 g/mol. The zero-order chi connectivity index (χ0) is 18.5. The Morgan fingerprint density at radius 1 is 1.23 bits per heavy atom. The minimum Gasteiger partial charge on any atom is -0.493 e. The molecule has 3 rings (SSSR count). The lowest BCUT2D eigenvalue weighted by Gasteiger charge is -2.29.